The van der Waals surface area contributed by atoms with E-state index in [1.807, 2.05) is 0 Å². The van der Waals surface area contributed by atoms with Crippen LogP contribution in [0, 0.1) is 0 Å². The topological polar surface area (TPSA) is 105 Å². The van der Waals surface area contributed by atoms with Crippen LogP contribution in [-0.2, 0) is 9.47 Å². The molecule has 8 heteroatoms. The first-order valence-electron chi connectivity index (χ1n) is 11.4. The van der Waals surface area contributed by atoms with Gasteiger partial charge in [0.05, 0.1) is 36.5 Å². The van der Waals surface area contributed by atoms with E-state index in [4.69, 9.17) is 9.47 Å². The fraction of sp³-hybridized carbons (Fsp3) is 0.0667. The van der Waals surface area contributed by atoms with Crippen molar-refractivity contribution in [3.63, 3.8) is 0 Å². The molecule has 4 rings (SSSR count). The predicted molar refractivity (Wildman–Crippen MR) is 137 cm³/mol. The van der Waals surface area contributed by atoms with Crippen LogP contribution in [0.25, 0.3) is 11.1 Å². The zero-order valence-corrected chi connectivity index (χ0v) is 20.5. The van der Waals surface area contributed by atoms with Crippen LogP contribution in [-0.4, -0.2) is 38.1 Å². The van der Waals surface area contributed by atoms with E-state index in [2.05, 4.69) is 9.47 Å². The van der Waals surface area contributed by atoms with Gasteiger partial charge in [0.1, 0.15) is 11.5 Å². The summed E-state index contributed by atoms with van der Waals surface area (Å²) in [6, 6.07) is 25.5. The molecule has 0 atom stereocenters. The van der Waals surface area contributed by atoms with Crippen molar-refractivity contribution in [2.45, 2.75) is 0 Å². The molecule has 0 amide bonds. The number of hydrogen-bond acceptors (Lipinski definition) is 8. The van der Waals surface area contributed by atoms with Crippen LogP contribution in [0.4, 0.5) is 0 Å². The standard InChI is InChI=1S/C30H22O8/c1-35-27(31)19-11-15-21(16-12-19)29(33)37-25-9-5-3-7-23(25)24-8-4-6-10-26(24)38-30(34)22-17-13-20(14-18-22)28(32)36-2/h3-18H,1-2H3. The smallest absolute Gasteiger partial charge is 0.343 e. The Kier molecular flexibility index (Phi) is 7.93. The van der Waals surface area contributed by atoms with Gasteiger partial charge in [-0.15, -0.1) is 0 Å². The third kappa shape index (κ3) is 5.76. The molecule has 0 aliphatic heterocycles. The van der Waals surface area contributed by atoms with Gasteiger partial charge in [-0.1, -0.05) is 36.4 Å². The molecular formula is C30H22O8. The molecule has 0 saturated heterocycles. The van der Waals surface area contributed by atoms with Gasteiger partial charge in [0.2, 0.25) is 0 Å². The van der Waals surface area contributed by atoms with Gasteiger partial charge in [0.25, 0.3) is 0 Å². The second kappa shape index (κ2) is 11.7. The highest BCUT2D eigenvalue weighted by molar-refractivity contribution is 5.96. The van der Waals surface area contributed by atoms with Crippen LogP contribution in [0.5, 0.6) is 11.5 Å². The molecule has 0 aromatic heterocycles. The third-order valence-corrected chi connectivity index (χ3v) is 5.55. The van der Waals surface area contributed by atoms with E-state index in [0.29, 0.717) is 22.3 Å². The molecule has 0 aliphatic rings. The Morgan fingerprint density at radius 3 is 1.03 bits per heavy atom. The number of methoxy groups -OCH3 is 2. The number of benzene rings is 4. The normalized spacial score (nSPS) is 10.3. The molecule has 4 aromatic carbocycles. The Hall–Kier alpha value is -5.24. The molecule has 0 N–H and O–H groups in total. The zero-order chi connectivity index (χ0) is 27.1. The van der Waals surface area contributed by atoms with Crippen molar-refractivity contribution < 1.29 is 38.1 Å². The summed E-state index contributed by atoms with van der Waals surface area (Å²) in [7, 11) is 2.55. The largest absolute Gasteiger partial charge is 0.465 e. The van der Waals surface area contributed by atoms with Crippen LogP contribution in [0.2, 0.25) is 0 Å². The van der Waals surface area contributed by atoms with Crippen molar-refractivity contribution in [3.8, 4) is 22.6 Å². The maximum absolute atomic E-state index is 12.8. The predicted octanol–water partition coefficient (Wildman–Crippen LogP) is 5.37. The minimum atomic E-state index is -0.631. The Bertz CT molecular complexity index is 1370. The van der Waals surface area contributed by atoms with E-state index in [1.54, 1.807) is 48.5 Å². The molecule has 0 unspecified atom stereocenters. The lowest BCUT2D eigenvalue weighted by Gasteiger charge is -2.14. The van der Waals surface area contributed by atoms with Gasteiger partial charge in [-0.25, -0.2) is 19.2 Å². The summed E-state index contributed by atoms with van der Waals surface area (Å²) in [5, 5.41) is 0. The summed E-state index contributed by atoms with van der Waals surface area (Å²) in [5.74, 6) is -1.79. The number of para-hydroxylation sites is 2. The number of esters is 4. The van der Waals surface area contributed by atoms with E-state index in [-0.39, 0.29) is 22.6 Å². The average molecular weight is 510 g/mol. The maximum Gasteiger partial charge on any atom is 0.343 e. The third-order valence-electron chi connectivity index (χ3n) is 5.55. The van der Waals surface area contributed by atoms with Crippen LogP contribution in [0.1, 0.15) is 41.4 Å². The van der Waals surface area contributed by atoms with Gasteiger partial charge in [-0.05, 0) is 60.7 Å². The quantitative estimate of drug-likeness (QED) is 0.242. The van der Waals surface area contributed by atoms with Crippen LogP contribution in [0.15, 0.2) is 97.1 Å². The molecular weight excluding hydrogens is 488 g/mol. The molecule has 0 bridgehead atoms. The minimum absolute atomic E-state index is 0.238. The van der Waals surface area contributed by atoms with Crippen LogP contribution >= 0.6 is 0 Å². The summed E-state index contributed by atoms with van der Waals surface area (Å²) in [5.41, 5.74) is 2.14. The highest BCUT2D eigenvalue weighted by Gasteiger charge is 2.18. The molecule has 0 saturated carbocycles. The van der Waals surface area contributed by atoms with E-state index < -0.39 is 23.9 Å². The first kappa shape index (κ1) is 25.8. The number of rotatable bonds is 7. The van der Waals surface area contributed by atoms with Crippen molar-refractivity contribution in [1.82, 2.24) is 0 Å². The summed E-state index contributed by atoms with van der Waals surface area (Å²) in [6.45, 7) is 0. The zero-order valence-electron chi connectivity index (χ0n) is 20.5. The van der Waals surface area contributed by atoms with Crippen molar-refractivity contribution >= 4 is 23.9 Å². The monoisotopic (exact) mass is 510 g/mol. The van der Waals surface area contributed by atoms with Crippen molar-refractivity contribution in [2.24, 2.45) is 0 Å². The maximum atomic E-state index is 12.8. The lowest BCUT2D eigenvalue weighted by molar-refractivity contribution is 0.0591. The van der Waals surface area contributed by atoms with Crippen molar-refractivity contribution in [3.05, 3.63) is 119 Å². The van der Waals surface area contributed by atoms with Gasteiger partial charge >= 0.3 is 23.9 Å². The minimum Gasteiger partial charge on any atom is -0.465 e. The van der Waals surface area contributed by atoms with Crippen LogP contribution in [0.3, 0.4) is 0 Å². The first-order chi connectivity index (χ1) is 18.4. The number of hydrogen-bond donors (Lipinski definition) is 0. The lowest BCUT2D eigenvalue weighted by Crippen LogP contribution is -2.11. The average Bonchev–Trinajstić information content (AvgIpc) is 2.97. The van der Waals surface area contributed by atoms with Gasteiger partial charge in [0, 0.05) is 11.1 Å². The van der Waals surface area contributed by atoms with Crippen molar-refractivity contribution in [1.29, 1.82) is 0 Å². The highest BCUT2D eigenvalue weighted by Crippen LogP contribution is 2.37. The number of ether oxygens (including phenoxy) is 4. The summed E-state index contributed by atoms with van der Waals surface area (Å²) in [4.78, 5) is 49.0. The van der Waals surface area contributed by atoms with E-state index >= 15 is 0 Å². The molecule has 0 aliphatic carbocycles. The lowest BCUT2D eigenvalue weighted by atomic mass is 10.0. The first-order valence-corrected chi connectivity index (χ1v) is 11.4. The summed E-state index contributed by atoms with van der Waals surface area (Å²) >= 11 is 0. The molecule has 0 heterocycles. The fourth-order valence-corrected chi connectivity index (χ4v) is 3.59. The SMILES string of the molecule is COC(=O)c1ccc(C(=O)Oc2ccccc2-c2ccccc2OC(=O)c2ccc(C(=O)OC)cc2)cc1. The van der Waals surface area contributed by atoms with Gasteiger partial charge < -0.3 is 18.9 Å². The van der Waals surface area contributed by atoms with E-state index in [0.717, 1.165) is 0 Å². The Morgan fingerprint density at radius 2 is 0.711 bits per heavy atom. The molecule has 0 fully saturated rings. The molecule has 0 spiro atoms. The number of carbonyl (C=O) groups is 4. The Morgan fingerprint density at radius 1 is 0.421 bits per heavy atom. The number of carbonyl (C=O) groups excluding carboxylic acids is 4. The van der Waals surface area contributed by atoms with Crippen molar-refractivity contribution in [2.75, 3.05) is 14.2 Å². The second-order valence-corrected chi connectivity index (χ2v) is 7.91. The van der Waals surface area contributed by atoms with Gasteiger partial charge in [-0.2, -0.15) is 0 Å². The molecule has 0 radical (unpaired) electrons. The molecule has 4 aromatic rings. The summed E-state index contributed by atoms with van der Waals surface area (Å²) in [6.07, 6.45) is 0. The summed E-state index contributed by atoms with van der Waals surface area (Å²) < 4.78 is 20.7. The van der Waals surface area contributed by atoms with E-state index in [9.17, 15) is 19.2 Å². The molecule has 8 nitrogen and oxygen atoms in total. The van der Waals surface area contributed by atoms with E-state index in [1.165, 1.54) is 62.8 Å². The molecule has 190 valence electrons. The highest BCUT2D eigenvalue weighted by atomic mass is 16.5. The van der Waals surface area contributed by atoms with Gasteiger partial charge in [-0.3, -0.25) is 0 Å². The second-order valence-electron chi connectivity index (χ2n) is 7.91. The fourth-order valence-electron chi connectivity index (χ4n) is 3.59. The Labute approximate surface area is 218 Å². The van der Waals surface area contributed by atoms with Crippen LogP contribution < -0.4 is 9.47 Å². The Balaban J connectivity index is 1.57. The molecule has 38 heavy (non-hydrogen) atoms. The van der Waals surface area contributed by atoms with Gasteiger partial charge in [0.15, 0.2) is 0 Å².